The Balaban J connectivity index is 1.78. The largest absolute Gasteiger partial charge is 0.458 e. The number of fused-ring (bicyclic) bond motifs is 5. The molecule has 0 saturated heterocycles. The maximum absolute atomic E-state index is 13.1. The zero-order chi connectivity index (χ0) is 19.4. The molecule has 3 aromatic rings. The van der Waals surface area contributed by atoms with E-state index in [1.165, 1.54) is 0 Å². The Hall–Kier alpha value is -3.03. The lowest BCUT2D eigenvalue weighted by Gasteiger charge is -2.21. The van der Waals surface area contributed by atoms with Crippen molar-refractivity contribution in [2.24, 2.45) is 5.73 Å². The number of ether oxygens (including phenoxy) is 1. The van der Waals surface area contributed by atoms with E-state index in [1.54, 1.807) is 10.6 Å². The van der Waals surface area contributed by atoms with E-state index in [0.29, 0.717) is 29.9 Å². The standard InChI is InChI=1S/C21H19N3O4/c22-7-3-5-11-12-4-1-2-6-16(12)23-18-14(11)9-24-17(18)8-13-15(20(24)26)10-28-21(27)19(13)25/h1-2,4,6,8,19,25H,3,5,7,9-10,22H2. The summed E-state index contributed by atoms with van der Waals surface area (Å²) in [6, 6.07) is 9.62. The van der Waals surface area contributed by atoms with E-state index < -0.39 is 12.1 Å². The monoisotopic (exact) mass is 377 g/mol. The Morgan fingerprint density at radius 3 is 2.89 bits per heavy atom. The van der Waals surface area contributed by atoms with Crippen LogP contribution in [0.25, 0.3) is 22.3 Å². The van der Waals surface area contributed by atoms with Gasteiger partial charge < -0.3 is 20.1 Å². The first-order valence-electron chi connectivity index (χ1n) is 9.32. The van der Waals surface area contributed by atoms with Crippen LogP contribution >= 0.6 is 0 Å². The third kappa shape index (κ3) is 2.33. The molecular weight excluding hydrogens is 358 g/mol. The number of esters is 1. The summed E-state index contributed by atoms with van der Waals surface area (Å²) < 4.78 is 6.60. The molecule has 2 aromatic heterocycles. The molecule has 0 radical (unpaired) electrons. The number of nitrogens with two attached hydrogens (primary N) is 1. The van der Waals surface area contributed by atoms with Crippen LogP contribution in [0.15, 0.2) is 35.1 Å². The number of carbonyl (C=O) groups is 1. The Morgan fingerprint density at radius 1 is 1.25 bits per heavy atom. The number of aliphatic hydroxyl groups excluding tert-OH is 1. The van der Waals surface area contributed by atoms with Crippen molar-refractivity contribution in [3.05, 3.63) is 62.9 Å². The predicted molar refractivity (Wildman–Crippen MR) is 103 cm³/mol. The smallest absolute Gasteiger partial charge is 0.340 e. The lowest BCUT2D eigenvalue weighted by molar-refractivity contribution is -0.157. The van der Waals surface area contributed by atoms with Gasteiger partial charge in [-0.1, -0.05) is 18.2 Å². The van der Waals surface area contributed by atoms with Gasteiger partial charge in [0.15, 0.2) is 6.10 Å². The Morgan fingerprint density at radius 2 is 2.07 bits per heavy atom. The van der Waals surface area contributed by atoms with E-state index in [2.05, 4.69) is 0 Å². The summed E-state index contributed by atoms with van der Waals surface area (Å²) in [7, 11) is 0. The van der Waals surface area contributed by atoms with Crippen LogP contribution in [-0.4, -0.2) is 27.2 Å². The normalized spacial score (nSPS) is 17.2. The third-order valence-corrected chi connectivity index (χ3v) is 5.61. The van der Waals surface area contributed by atoms with Crippen LogP contribution < -0.4 is 11.3 Å². The molecule has 5 rings (SSSR count). The number of rotatable bonds is 3. The van der Waals surface area contributed by atoms with Crippen LogP contribution in [0, 0.1) is 0 Å². The van der Waals surface area contributed by atoms with Gasteiger partial charge in [0.1, 0.15) is 6.61 Å². The summed E-state index contributed by atoms with van der Waals surface area (Å²) in [5.41, 5.74) is 10.5. The minimum atomic E-state index is -1.44. The summed E-state index contributed by atoms with van der Waals surface area (Å²) in [6.45, 7) is 0.882. The number of aromatic nitrogens is 2. The van der Waals surface area contributed by atoms with Crippen LogP contribution in [0.4, 0.5) is 0 Å². The molecule has 142 valence electrons. The molecule has 0 spiro atoms. The number of benzene rings is 1. The molecule has 28 heavy (non-hydrogen) atoms. The molecule has 2 aliphatic heterocycles. The lowest BCUT2D eigenvalue weighted by atomic mass is 9.96. The van der Waals surface area contributed by atoms with Gasteiger partial charge in [0, 0.05) is 16.5 Å². The maximum Gasteiger partial charge on any atom is 0.340 e. The Kier molecular flexibility index (Phi) is 3.82. The van der Waals surface area contributed by atoms with Gasteiger partial charge in [-0.15, -0.1) is 0 Å². The number of para-hydroxylation sites is 1. The van der Waals surface area contributed by atoms with Gasteiger partial charge in [0.25, 0.3) is 5.56 Å². The molecule has 7 nitrogen and oxygen atoms in total. The fourth-order valence-corrected chi connectivity index (χ4v) is 4.22. The fraction of sp³-hybridized carbons (Fsp3) is 0.286. The Labute approximate surface area is 160 Å². The number of hydrogen-bond acceptors (Lipinski definition) is 6. The van der Waals surface area contributed by atoms with Crippen LogP contribution in [-0.2, 0) is 29.1 Å². The molecule has 0 aliphatic carbocycles. The van der Waals surface area contributed by atoms with Crippen molar-refractivity contribution in [3.8, 4) is 11.4 Å². The van der Waals surface area contributed by atoms with E-state index in [4.69, 9.17) is 15.5 Å². The summed E-state index contributed by atoms with van der Waals surface area (Å²) in [5, 5.41) is 11.3. The fourth-order valence-electron chi connectivity index (χ4n) is 4.22. The van der Waals surface area contributed by atoms with Gasteiger partial charge >= 0.3 is 5.97 Å². The van der Waals surface area contributed by atoms with Gasteiger partial charge in [-0.2, -0.15) is 0 Å². The number of aliphatic hydroxyl groups is 1. The second kappa shape index (κ2) is 6.25. The Bertz CT molecular complexity index is 1200. The van der Waals surface area contributed by atoms with Gasteiger partial charge in [-0.05, 0) is 37.1 Å². The van der Waals surface area contributed by atoms with Crippen LogP contribution in [0.3, 0.4) is 0 Å². The van der Waals surface area contributed by atoms with Gasteiger partial charge in [0.2, 0.25) is 0 Å². The summed E-state index contributed by atoms with van der Waals surface area (Å²) >= 11 is 0. The topological polar surface area (TPSA) is 107 Å². The quantitative estimate of drug-likeness (QED) is 0.523. The average Bonchev–Trinajstić information content (AvgIpc) is 3.07. The SMILES string of the molecule is NCCCc1c2c(nc3ccccc13)-c1cc3c(c(=O)n1C2)COC(=O)C3O. The maximum atomic E-state index is 13.1. The van der Waals surface area contributed by atoms with E-state index in [1.807, 2.05) is 24.3 Å². The molecule has 0 saturated carbocycles. The van der Waals surface area contributed by atoms with Crippen molar-refractivity contribution in [1.82, 2.24) is 9.55 Å². The van der Waals surface area contributed by atoms with Gasteiger partial charge in [-0.25, -0.2) is 9.78 Å². The van der Waals surface area contributed by atoms with Crippen molar-refractivity contribution in [2.75, 3.05) is 6.54 Å². The van der Waals surface area contributed by atoms with E-state index in [0.717, 1.165) is 40.6 Å². The first kappa shape index (κ1) is 17.1. The second-order valence-electron chi connectivity index (χ2n) is 7.19. The van der Waals surface area contributed by atoms with Crippen molar-refractivity contribution in [2.45, 2.75) is 32.1 Å². The summed E-state index contributed by atoms with van der Waals surface area (Å²) in [5.74, 6) is -0.731. The molecule has 3 N–H and O–H groups in total. The molecule has 0 amide bonds. The molecule has 1 unspecified atom stereocenters. The number of carbonyl (C=O) groups excluding carboxylic acids is 1. The van der Waals surface area contributed by atoms with E-state index in [-0.39, 0.29) is 12.2 Å². The number of aryl methyl sites for hydroxylation is 1. The average molecular weight is 377 g/mol. The first-order valence-corrected chi connectivity index (χ1v) is 9.32. The van der Waals surface area contributed by atoms with Crippen molar-refractivity contribution >= 4 is 16.9 Å². The van der Waals surface area contributed by atoms with E-state index >= 15 is 0 Å². The highest BCUT2D eigenvalue weighted by Crippen LogP contribution is 2.38. The number of hydrogen-bond donors (Lipinski definition) is 2. The van der Waals surface area contributed by atoms with Gasteiger partial charge in [-0.3, -0.25) is 4.79 Å². The summed E-state index contributed by atoms with van der Waals surface area (Å²) in [4.78, 5) is 29.6. The number of nitrogens with zero attached hydrogens (tertiary/aromatic N) is 2. The van der Waals surface area contributed by atoms with Crippen LogP contribution in [0.5, 0.6) is 0 Å². The molecule has 1 aromatic carbocycles. The lowest BCUT2D eigenvalue weighted by Crippen LogP contribution is -2.32. The minimum Gasteiger partial charge on any atom is -0.458 e. The molecule has 1 atom stereocenters. The van der Waals surface area contributed by atoms with Crippen LogP contribution in [0.1, 0.15) is 34.8 Å². The highest BCUT2D eigenvalue weighted by molar-refractivity contribution is 5.88. The zero-order valence-corrected chi connectivity index (χ0v) is 15.1. The van der Waals surface area contributed by atoms with Gasteiger partial charge in [0.05, 0.1) is 29.0 Å². The highest BCUT2D eigenvalue weighted by Gasteiger charge is 2.34. The first-order chi connectivity index (χ1) is 13.6. The number of cyclic esters (lactones) is 1. The van der Waals surface area contributed by atoms with E-state index in [9.17, 15) is 14.7 Å². The third-order valence-electron chi connectivity index (χ3n) is 5.61. The summed E-state index contributed by atoms with van der Waals surface area (Å²) in [6.07, 6.45) is 0.196. The molecule has 0 bridgehead atoms. The highest BCUT2D eigenvalue weighted by atomic mass is 16.5. The minimum absolute atomic E-state index is 0.115. The zero-order valence-electron chi connectivity index (χ0n) is 15.1. The second-order valence-corrected chi connectivity index (χ2v) is 7.19. The van der Waals surface area contributed by atoms with Crippen molar-refractivity contribution < 1.29 is 14.6 Å². The van der Waals surface area contributed by atoms with Crippen LogP contribution in [0.2, 0.25) is 0 Å². The number of pyridine rings is 2. The molecular formula is C21H19N3O4. The molecule has 2 aliphatic rings. The van der Waals surface area contributed by atoms with Crippen molar-refractivity contribution in [1.29, 1.82) is 0 Å². The molecule has 4 heterocycles. The predicted octanol–water partition coefficient (Wildman–Crippen LogP) is 1.41. The van der Waals surface area contributed by atoms with Crippen molar-refractivity contribution in [3.63, 3.8) is 0 Å². The molecule has 7 heteroatoms. The molecule has 0 fully saturated rings.